The average Bonchev–Trinajstić information content (AvgIpc) is 2.86. The fourth-order valence-corrected chi connectivity index (χ4v) is 3.26. The molecule has 1 aliphatic heterocycles. The Balaban J connectivity index is 1.86. The van der Waals surface area contributed by atoms with E-state index in [2.05, 4.69) is 22.5 Å². The van der Waals surface area contributed by atoms with Crippen molar-refractivity contribution in [1.82, 2.24) is 4.98 Å². The second kappa shape index (κ2) is 5.54. The molecule has 1 unspecified atom stereocenters. The highest BCUT2D eigenvalue weighted by atomic mass is 35.5. The van der Waals surface area contributed by atoms with Gasteiger partial charge in [-0.15, -0.1) is 11.3 Å². The summed E-state index contributed by atoms with van der Waals surface area (Å²) in [6.07, 6.45) is 0. The normalized spacial score (nSPS) is 14.9. The van der Waals surface area contributed by atoms with Gasteiger partial charge >= 0.3 is 0 Å². The van der Waals surface area contributed by atoms with E-state index < -0.39 is 0 Å². The number of ether oxygens (including phenoxy) is 1. The number of nitrogens with zero attached hydrogens (tertiary/aromatic N) is 1. The highest BCUT2D eigenvalue weighted by Gasteiger charge is 2.19. The molecule has 0 saturated carbocycles. The summed E-state index contributed by atoms with van der Waals surface area (Å²) in [5.41, 5.74) is 4.21. The molecule has 1 aliphatic rings. The van der Waals surface area contributed by atoms with Crippen LogP contribution in [0.3, 0.4) is 0 Å². The number of carbonyl (C=O) groups excluding carboxylic acids is 1. The summed E-state index contributed by atoms with van der Waals surface area (Å²) in [5.74, 6) is 0.447. The molecule has 0 saturated heterocycles. The van der Waals surface area contributed by atoms with E-state index in [1.165, 1.54) is 0 Å². The van der Waals surface area contributed by atoms with Gasteiger partial charge in [0.25, 0.3) is 5.91 Å². The fraction of sp³-hybridized carbons (Fsp3) is 0.286. The van der Waals surface area contributed by atoms with Gasteiger partial charge in [0, 0.05) is 10.9 Å². The van der Waals surface area contributed by atoms with Crippen LogP contribution in [-0.4, -0.2) is 17.5 Å². The maximum absolute atomic E-state index is 11.3. The van der Waals surface area contributed by atoms with Crippen LogP contribution in [0.15, 0.2) is 17.6 Å². The van der Waals surface area contributed by atoms with Crippen LogP contribution in [0, 0.1) is 6.92 Å². The minimum Gasteiger partial charge on any atom is -0.482 e. The number of benzene rings is 1. The Labute approximate surface area is 131 Å². The maximum Gasteiger partial charge on any atom is 0.262 e. The number of halogens is 1. The Kier molecular flexibility index (Phi) is 3.73. The van der Waals surface area contributed by atoms with Crippen LogP contribution in [0.4, 0.5) is 11.4 Å². The number of carbonyl (C=O) groups is 1. The Morgan fingerprint density at radius 3 is 3.05 bits per heavy atom. The Morgan fingerprint density at radius 1 is 1.52 bits per heavy atom. The third-order valence-corrected chi connectivity index (χ3v) is 4.68. The molecule has 0 bridgehead atoms. The summed E-state index contributed by atoms with van der Waals surface area (Å²) in [6, 6.07) is 3.60. The van der Waals surface area contributed by atoms with Crippen LogP contribution < -0.4 is 15.4 Å². The zero-order chi connectivity index (χ0) is 15.0. The van der Waals surface area contributed by atoms with Gasteiger partial charge in [-0.05, 0) is 19.9 Å². The van der Waals surface area contributed by atoms with Gasteiger partial charge in [-0.3, -0.25) is 4.79 Å². The van der Waals surface area contributed by atoms with E-state index >= 15 is 0 Å². The summed E-state index contributed by atoms with van der Waals surface area (Å²) in [5, 5.41) is 6.63. The first kappa shape index (κ1) is 14.2. The largest absolute Gasteiger partial charge is 0.482 e. The lowest BCUT2D eigenvalue weighted by Crippen LogP contribution is -2.25. The summed E-state index contributed by atoms with van der Waals surface area (Å²) in [7, 11) is 0. The van der Waals surface area contributed by atoms with Crippen molar-refractivity contribution in [2.24, 2.45) is 0 Å². The average molecular weight is 324 g/mol. The highest BCUT2D eigenvalue weighted by molar-refractivity contribution is 7.09. The predicted octanol–water partition coefficient (Wildman–Crippen LogP) is 3.61. The third-order valence-electron chi connectivity index (χ3n) is 3.25. The summed E-state index contributed by atoms with van der Waals surface area (Å²) in [4.78, 5) is 16.7. The van der Waals surface area contributed by atoms with E-state index in [4.69, 9.17) is 16.3 Å². The van der Waals surface area contributed by atoms with Crippen molar-refractivity contribution in [3.05, 3.63) is 33.2 Å². The van der Waals surface area contributed by atoms with Crippen LogP contribution in [0.2, 0.25) is 5.02 Å². The molecule has 2 N–H and O–H groups in total. The highest BCUT2D eigenvalue weighted by Crippen LogP contribution is 2.38. The summed E-state index contributed by atoms with van der Waals surface area (Å²) >= 11 is 7.88. The molecule has 7 heteroatoms. The number of hydrogen-bond donors (Lipinski definition) is 2. The molecule has 1 aromatic heterocycles. The monoisotopic (exact) mass is 323 g/mol. The molecule has 21 heavy (non-hydrogen) atoms. The number of anilines is 2. The molecule has 2 heterocycles. The second-order valence-electron chi connectivity index (χ2n) is 4.83. The molecule has 1 atom stereocenters. The number of thiazole rings is 1. The van der Waals surface area contributed by atoms with Crippen molar-refractivity contribution < 1.29 is 9.53 Å². The SMILES string of the molecule is Cc1ncsc1C(C)Nc1cc2c(cc1Cl)NC(=O)CO2. The van der Waals surface area contributed by atoms with E-state index in [0.29, 0.717) is 16.5 Å². The molecule has 0 aliphatic carbocycles. The maximum atomic E-state index is 11.3. The lowest BCUT2D eigenvalue weighted by Gasteiger charge is -2.21. The van der Waals surface area contributed by atoms with Gasteiger partial charge < -0.3 is 15.4 Å². The molecular formula is C14H14ClN3O2S. The molecule has 0 spiro atoms. The van der Waals surface area contributed by atoms with Crippen molar-refractivity contribution >= 4 is 40.2 Å². The van der Waals surface area contributed by atoms with Gasteiger partial charge in [-0.1, -0.05) is 11.6 Å². The number of nitrogens with one attached hydrogen (secondary N) is 2. The van der Waals surface area contributed by atoms with Gasteiger partial charge in [0.15, 0.2) is 6.61 Å². The minimum atomic E-state index is -0.173. The van der Waals surface area contributed by atoms with Crippen molar-refractivity contribution in [2.45, 2.75) is 19.9 Å². The van der Waals surface area contributed by atoms with Crippen molar-refractivity contribution in [2.75, 3.05) is 17.2 Å². The zero-order valence-electron chi connectivity index (χ0n) is 11.6. The van der Waals surface area contributed by atoms with E-state index in [-0.39, 0.29) is 18.6 Å². The molecule has 1 amide bonds. The van der Waals surface area contributed by atoms with Crippen LogP contribution >= 0.6 is 22.9 Å². The van der Waals surface area contributed by atoms with Crippen LogP contribution in [-0.2, 0) is 4.79 Å². The molecule has 0 fully saturated rings. The summed E-state index contributed by atoms with van der Waals surface area (Å²) < 4.78 is 5.41. The lowest BCUT2D eigenvalue weighted by atomic mass is 10.2. The fourth-order valence-electron chi connectivity index (χ4n) is 2.24. The first-order valence-electron chi connectivity index (χ1n) is 6.47. The van der Waals surface area contributed by atoms with E-state index in [1.807, 2.05) is 18.5 Å². The Morgan fingerprint density at radius 2 is 2.33 bits per heavy atom. The van der Waals surface area contributed by atoms with Crippen LogP contribution in [0.1, 0.15) is 23.5 Å². The molecular weight excluding hydrogens is 310 g/mol. The van der Waals surface area contributed by atoms with Crippen LogP contribution in [0.25, 0.3) is 0 Å². The van der Waals surface area contributed by atoms with Crippen molar-refractivity contribution in [1.29, 1.82) is 0 Å². The van der Waals surface area contributed by atoms with Gasteiger partial charge in [0.1, 0.15) is 5.75 Å². The van der Waals surface area contributed by atoms with Gasteiger partial charge in [-0.25, -0.2) is 4.98 Å². The first-order chi connectivity index (χ1) is 10.0. The lowest BCUT2D eigenvalue weighted by molar-refractivity contribution is -0.118. The van der Waals surface area contributed by atoms with E-state index in [0.717, 1.165) is 16.3 Å². The molecule has 2 aromatic rings. The number of aryl methyl sites for hydroxylation is 1. The first-order valence-corrected chi connectivity index (χ1v) is 7.73. The Bertz CT molecular complexity index is 702. The number of amides is 1. The summed E-state index contributed by atoms with van der Waals surface area (Å²) in [6.45, 7) is 4.06. The number of hydrogen-bond acceptors (Lipinski definition) is 5. The predicted molar refractivity (Wildman–Crippen MR) is 84.5 cm³/mol. The Hall–Kier alpha value is -1.79. The molecule has 3 rings (SSSR count). The van der Waals surface area contributed by atoms with Gasteiger partial charge in [0.05, 0.1) is 33.6 Å². The van der Waals surface area contributed by atoms with Gasteiger partial charge in [0.2, 0.25) is 0 Å². The quantitative estimate of drug-likeness (QED) is 0.905. The van der Waals surface area contributed by atoms with Crippen LogP contribution in [0.5, 0.6) is 5.75 Å². The smallest absolute Gasteiger partial charge is 0.262 e. The second-order valence-corrected chi connectivity index (χ2v) is 6.13. The minimum absolute atomic E-state index is 0.0254. The molecule has 5 nitrogen and oxygen atoms in total. The number of rotatable bonds is 3. The number of fused-ring (bicyclic) bond motifs is 1. The molecule has 110 valence electrons. The van der Waals surface area contributed by atoms with Crippen molar-refractivity contribution in [3.8, 4) is 5.75 Å². The van der Waals surface area contributed by atoms with E-state index in [1.54, 1.807) is 17.4 Å². The molecule has 0 radical (unpaired) electrons. The standard InChI is InChI=1S/C14H14ClN3O2S/c1-7-14(21-6-16-7)8(2)17-10-4-12-11(3-9(10)15)18-13(19)5-20-12/h3-4,6,8,17H,5H2,1-2H3,(H,18,19). The van der Waals surface area contributed by atoms with Gasteiger partial charge in [-0.2, -0.15) is 0 Å². The zero-order valence-corrected chi connectivity index (χ0v) is 13.1. The van der Waals surface area contributed by atoms with E-state index in [9.17, 15) is 4.79 Å². The molecule has 1 aromatic carbocycles. The topological polar surface area (TPSA) is 63.2 Å². The third kappa shape index (κ3) is 2.82. The van der Waals surface area contributed by atoms with Crippen molar-refractivity contribution in [3.63, 3.8) is 0 Å². The number of aromatic nitrogens is 1.